The van der Waals surface area contributed by atoms with Gasteiger partial charge in [0.05, 0.1) is 30.9 Å². The molecule has 2 aromatic rings. The molecule has 3 aliphatic rings. The fourth-order valence-corrected chi connectivity index (χ4v) is 5.77. The summed E-state index contributed by atoms with van der Waals surface area (Å²) < 4.78 is 5.44. The lowest BCUT2D eigenvalue weighted by atomic mass is 9.85. The molecule has 2 aliphatic carbocycles. The second-order valence-electron chi connectivity index (χ2n) is 8.79. The Morgan fingerprint density at radius 3 is 2.30 bits per heavy atom. The van der Waals surface area contributed by atoms with E-state index in [1.807, 2.05) is 6.92 Å². The molecular formula is C26H25ClN2O4. The van der Waals surface area contributed by atoms with Gasteiger partial charge in [-0.25, -0.2) is 0 Å². The molecular weight excluding hydrogens is 440 g/mol. The summed E-state index contributed by atoms with van der Waals surface area (Å²) in [7, 11) is 0. The molecule has 1 saturated carbocycles. The molecule has 0 aromatic heterocycles. The molecule has 1 aliphatic heterocycles. The third-order valence-corrected chi connectivity index (χ3v) is 7.25. The number of anilines is 1. The van der Waals surface area contributed by atoms with Crippen LogP contribution in [0.4, 0.5) is 5.69 Å². The molecule has 3 amide bonds. The first kappa shape index (κ1) is 21.7. The Balaban J connectivity index is 1.40. The molecule has 170 valence electrons. The number of imide groups is 1. The molecule has 2 fully saturated rings. The lowest BCUT2D eigenvalue weighted by Crippen LogP contribution is -2.38. The zero-order valence-electron chi connectivity index (χ0n) is 18.2. The van der Waals surface area contributed by atoms with E-state index in [-0.39, 0.29) is 47.8 Å². The van der Waals surface area contributed by atoms with Crippen molar-refractivity contribution in [1.82, 2.24) is 4.90 Å². The van der Waals surface area contributed by atoms with Crippen molar-refractivity contribution < 1.29 is 19.1 Å². The van der Waals surface area contributed by atoms with Gasteiger partial charge in [0.1, 0.15) is 5.75 Å². The number of hydrogen-bond donors (Lipinski definition) is 1. The normalized spacial score (nSPS) is 25.9. The van der Waals surface area contributed by atoms with Crippen LogP contribution < -0.4 is 10.1 Å². The standard InChI is InChI=1S/C26H25ClN2O4/c1-2-33-18-11-9-17(10-12-18)28-22(30)14-21(19-5-3-4-6-20(19)27)29-25(31)23-15-7-8-16(13-15)24(23)26(29)32/h3-12,15-16,21,23-24H,2,13-14H2,1H3,(H,28,30). The summed E-state index contributed by atoms with van der Waals surface area (Å²) in [6.07, 6.45) is 4.90. The summed E-state index contributed by atoms with van der Waals surface area (Å²) >= 11 is 6.47. The third kappa shape index (κ3) is 3.82. The van der Waals surface area contributed by atoms with Crippen LogP contribution in [0.3, 0.4) is 0 Å². The van der Waals surface area contributed by atoms with Gasteiger partial charge in [0.25, 0.3) is 0 Å². The molecule has 1 heterocycles. The van der Waals surface area contributed by atoms with Gasteiger partial charge in [-0.05, 0) is 61.1 Å². The van der Waals surface area contributed by atoms with E-state index in [4.69, 9.17) is 16.3 Å². The predicted molar refractivity (Wildman–Crippen MR) is 125 cm³/mol. The number of hydrogen-bond acceptors (Lipinski definition) is 4. The minimum absolute atomic E-state index is 0.0728. The number of nitrogens with zero attached hydrogens (tertiary/aromatic N) is 1. The number of carbonyl (C=O) groups is 3. The van der Waals surface area contributed by atoms with Gasteiger partial charge in [0.2, 0.25) is 17.7 Å². The molecule has 2 bridgehead atoms. The number of ether oxygens (including phenoxy) is 1. The first-order valence-corrected chi connectivity index (χ1v) is 11.7. The quantitative estimate of drug-likeness (QED) is 0.479. The monoisotopic (exact) mass is 464 g/mol. The SMILES string of the molecule is CCOc1ccc(NC(=O)CC(c2ccccc2Cl)N2C(=O)C3C4C=CC(C4)C3C2=O)cc1. The minimum atomic E-state index is -0.758. The van der Waals surface area contributed by atoms with E-state index in [1.54, 1.807) is 48.5 Å². The molecule has 7 heteroatoms. The molecule has 33 heavy (non-hydrogen) atoms. The highest BCUT2D eigenvalue weighted by Crippen LogP contribution is 2.54. The lowest BCUT2D eigenvalue weighted by Gasteiger charge is -2.28. The van der Waals surface area contributed by atoms with Crippen molar-refractivity contribution in [2.24, 2.45) is 23.7 Å². The summed E-state index contributed by atoms with van der Waals surface area (Å²) in [4.78, 5) is 41.2. The van der Waals surface area contributed by atoms with Gasteiger partial charge in [-0.2, -0.15) is 0 Å². The van der Waals surface area contributed by atoms with E-state index >= 15 is 0 Å². The number of amides is 3. The first-order chi connectivity index (χ1) is 16.0. The van der Waals surface area contributed by atoms with Crippen LogP contribution >= 0.6 is 11.6 Å². The van der Waals surface area contributed by atoms with Gasteiger partial charge in [-0.15, -0.1) is 0 Å². The van der Waals surface area contributed by atoms with Crippen LogP contribution in [0.1, 0.15) is 31.4 Å². The summed E-state index contributed by atoms with van der Waals surface area (Å²) in [6.45, 7) is 2.46. The summed E-state index contributed by atoms with van der Waals surface area (Å²) in [5.74, 6) is -0.424. The van der Waals surface area contributed by atoms with Crippen LogP contribution in [0.15, 0.2) is 60.7 Å². The van der Waals surface area contributed by atoms with Crippen LogP contribution in [-0.2, 0) is 14.4 Å². The molecule has 5 unspecified atom stereocenters. The van der Waals surface area contributed by atoms with Crippen molar-refractivity contribution in [2.75, 3.05) is 11.9 Å². The topological polar surface area (TPSA) is 75.7 Å². The zero-order chi connectivity index (χ0) is 23.1. The number of carbonyl (C=O) groups excluding carboxylic acids is 3. The highest BCUT2D eigenvalue weighted by atomic mass is 35.5. The second kappa shape index (κ2) is 8.67. The maximum absolute atomic E-state index is 13.4. The Labute approximate surface area is 197 Å². The van der Waals surface area contributed by atoms with Crippen molar-refractivity contribution in [3.8, 4) is 5.75 Å². The van der Waals surface area contributed by atoms with Gasteiger partial charge in [-0.3, -0.25) is 19.3 Å². The van der Waals surface area contributed by atoms with Crippen LogP contribution in [-0.4, -0.2) is 29.2 Å². The molecule has 0 radical (unpaired) electrons. The predicted octanol–water partition coefficient (Wildman–Crippen LogP) is 4.62. The fourth-order valence-electron chi connectivity index (χ4n) is 5.51. The van der Waals surface area contributed by atoms with Crippen molar-refractivity contribution in [3.05, 3.63) is 71.3 Å². The van der Waals surface area contributed by atoms with Gasteiger partial charge in [0, 0.05) is 10.7 Å². The van der Waals surface area contributed by atoms with Gasteiger partial charge in [0.15, 0.2) is 0 Å². The number of likely N-dealkylation sites (tertiary alicyclic amines) is 1. The van der Waals surface area contributed by atoms with Gasteiger partial charge in [-0.1, -0.05) is 42.0 Å². The van der Waals surface area contributed by atoms with E-state index in [0.717, 1.165) is 6.42 Å². The van der Waals surface area contributed by atoms with E-state index in [9.17, 15) is 14.4 Å². The number of fused-ring (bicyclic) bond motifs is 5. The van der Waals surface area contributed by atoms with Gasteiger partial charge < -0.3 is 10.1 Å². The van der Waals surface area contributed by atoms with Crippen molar-refractivity contribution >= 4 is 35.0 Å². The number of rotatable bonds is 7. The Bertz CT molecular complexity index is 1100. The van der Waals surface area contributed by atoms with E-state index < -0.39 is 6.04 Å². The van der Waals surface area contributed by atoms with Crippen LogP contribution in [0.2, 0.25) is 5.02 Å². The lowest BCUT2D eigenvalue weighted by molar-refractivity contribution is -0.144. The van der Waals surface area contributed by atoms with E-state index in [2.05, 4.69) is 17.5 Å². The molecule has 1 N–H and O–H groups in total. The van der Waals surface area contributed by atoms with Crippen molar-refractivity contribution in [1.29, 1.82) is 0 Å². The second-order valence-corrected chi connectivity index (χ2v) is 9.20. The Kier molecular flexibility index (Phi) is 5.71. The Morgan fingerprint density at radius 1 is 1.06 bits per heavy atom. The number of halogens is 1. The van der Waals surface area contributed by atoms with Crippen molar-refractivity contribution in [2.45, 2.75) is 25.8 Å². The van der Waals surface area contributed by atoms with E-state index in [1.165, 1.54) is 4.90 Å². The molecule has 0 spiro atoms. The minimum Gasteiger partial charge on any atom is -0.494 e. The maximum Gasteiger partial charge on any atom is 0.234 e. The maximum atomic E-state index is 13.4. The summed E-state index contributed by atoms with van der Waals surface area (Å²) in [5, 5.41) is 3.29. The van der Waals surface area contributed by atoms with Crippen LogP contribution in [0, 0.1) is 23.7 Å². The molecule has 1 saturated heterocycles. The Morgan fingerprint density at radius 2 is 1.70 bits per heavy atom. The van der Waals surface area contributed by atoms with Crippen LogP contribution in [0.5, 0.6) is 5.75 Å². The highest BCUT2D eigenvalue weighted by molar-refractivity contribution is 6.31. The highest BCUT2D eigenvalue weighted by Gasteiger charge is 2.60. The molecule has 2 aromatic carbocycles. The molecule has 5 rings (SSSR count). The number of allylic oxidation sites excluding steroid dienone is 2. The smallest absolute Gasteiger partial charge is 0.234 e. The average molecular weight is 465 g/mol. The molecule has 6 nitrogen and oxygen atoms in total. The summed E-state index contributed by atoms with van der Waals surface area (Å²) in [6, 6.07) is 13.4. The average Bonchev–Trinajstić information content (AvgIpc) is 3.48. The summed E-state index contributed by atoms with van der Waals surface area (Å²) in [5.41, 5.74) is 1.21. The number of benzene rings is 2. The Hall–Kier alpha value is -3.12. The molecule has 5 atom stereocenters. The van der Waals surface area contributed by atoms with Gasteiger partial charge >= 0.3 is 0 Å². The first-order valence-electron chi connectivity index (χ1n) is 11.3. The van der Waals surface area contributed by atoms with Crippen LogP contribution in [0.25, 0.3) is 0 Å². The number of nitrogens with one attached hydrogen (secondary N) is 1. The third-order valence-electron chi connectivity index (χ3n) is 6.91. The van der Waals surface area contributed by atoms with Crippen molar-refractivity contribution in [3.63, 3.8) is 0 Å². The fraction of sp³-hybridized carbons (Fsp3) is 0.346. The van der Waals surface area contributed by atoms with E-state index in [0.29, 0.717) is 28.6 Å². The largest absolute Gasteiger partial charge is 0.494 e. The zero-order valence-corrected chi connectivity index (χ0v) is 19.0.